The second kappa shape index (κ2) is 5.62. The maximum atomic E-state index is 5.12. The van der Waals surface area contributed by atoms with E-state index in [4.69, 9.17) is 6.42 Å². The van der Waals surface area contributed by atoms with Gasteiger partial charge in [0, 0.05) is 18.4 Å². The summed E-state index contributed by atoms with van der Waals surface area (Å²) in [5.41, 5.74) is 0. The first-order valence-electron chi connectivity index (χ1n) is 3.76. The number of thioether (sulfide) groups is 1. The Balaban J connectivity index is 2.21. The fourth-order valence-electron chi connectivity index (χ4n) is 0.715. The van der Waals surface area contributed by atoms with E-state index in [9.17, 15) is 0 Å². The highest BCUT2D eigenvalue weighted by Crippen LogP contribution is 2.14. The number of unbranched alkanes of at least 4 members (excludes halogenated alkanes) is 1. The molecule has 3 heteroatoms. The van der Waals surface area contributed by atoms with Gasteiger partial charge in [-0.25, -0.2) is 9.97 Å². The van der Waals surface area contributed by atoms with Crippen molar-refractivity contribution in [3.63, 3.8) is 0 Å². The molecule has 0 aromatic carbocycles. The SMILES string of the molecule is C#CCCCSc1ccncn1. The van der Waals surface area contributed by atoms with Crippen molar-refractivity contribution in [3.8, 4) is 12.3 Å². The van der Waals surface area contributed by atoms with Gasteiger partial charge in [-0.05, 0) is 12.5 Å². The molecule has 0 amide bonds. The van der Waals surface area contributed by atoms with Crippen LogP contribution in [0.25, 0.3) is 0 Å². The third-order valence-corrected chi connectivity index (χ3v) is 2.30. The maximum Gasteiger partial charge on any atom is 0.116 e. The van der Waals surface area contributed by atoms with E-state index in [0.717, 1.165) is 23.6 Å². The molecule has 12 heavy (non-hydrogen) atoms. The Hall–Kier alpha value is -1.01. The molecule has 0 bridgehead atoms. The van der Waals surface area contributed by atoms with Gasteiger partial charge >= 0.3 is 0 Å². The first kappa shape index (κ1) is 9.08. The van der Waals surface area contributed by atoms with E-state index >= 15 is 0 Å². The standard InChI is InChI=1S/C9H10N2S/c1-2-3-4-7-12-9-5-6-10-8-11-9/h1,5-6,8H,3-4,7H2. The molecule has 0 unspecified atom stereocenters. The molecule has 2 nitrogen and oxygen atoms in total. The van der Waals surface area contributed by atoms with Crippen molar-refractivity contribution in [3.05, 3.63) is 18.6 Å². The van der Waals surface area contributed by atoms with E-state index in [-0.39, 0.29) is 0 Å². The third kappa shape index (κ3) is 3.40. The summed E-state index contributed by atoms with van der Waals surface area (Å²) in [5.74, 6) is 3.64. The van der Waals surface area contributed by atoms with E-state index in [1.807, 2.05) is 6.07 Å². The first-order chi connectivity index (χ1) is 5.93. The van der Waals surface area contributed by atoms with Crippen molar-refractivity contribution in [2.45, 2.75) is 17.9 Å². The average Bonchev–Trinajstić information content (AvgIpc) is 2.14. The molecule has 0 spiro atoms. The zero-order valence-electron chi connectivity index (χ0n) is 6.73. The Morgan fingerprint density at radius 2 is 2.50 bits per heavy atom. The van der Waals surface area contributed by atoms with Crippen LogP contribution in [-0.2, 0) is 0 Å². The van der Waals surface area contributed by atoms with E-state index in [2.05, 4.69) is 15.9 Å². The smallest absolute Gasteiger partial charge is 0.116 e. The minimum atomic E-state index is 0.845. The molecular formula is C9H10N2S. The van der Waals surface area contributed by atoms with E-state index in [1.165, 1.54) is 0 Å². The molecule has 1 heterocycles. The van der Waals surface area contributed by atoms with E-state index < -0.39 is 0 Å². The van der Waals surface area contributed by atoms with Gasteiger partial charge in [-0.1, -0.05) is 0 Å². The second-order valence-corrected chi connectivity index (χ2v) is 3.32. The Morgan fingerprint density at radius 3 is 3.17 bits per heavy atom. The van der Waals surface area contributed by atoms with Gasteiger partial charge in [0.25, 0.3) is 0 Å². The largest absolute Gasteiger partial charge is 0.245 e. The molecule has 0 aliphatic carbocycles. The molecule has 1 aromatic rings. The van der Waals surface area contributed by atoms with Crippen molar-refractivity contribution in [1.82, 2.24) is 9.97 Å². The molecule has 1 rings (SSSR count). The van der Waals surface area contributed by atoms with Crippen LogP contribution in [0.15, 0.2) is 23.6 Å². The lowest BCUT2D eigenvalue weighted by molar-refractivity contribution is 0.986. The predicted octanol–water partition coefficient (Wildman–Crippen LogP) is 1.98. The fraction of sp³-hybridized carbons (Fsp3) is 0.333. The van der Waals surface area contributed by atoms with Crippen LogP contribution < -0.4 is 0 Å². The van der Waals surface area contributed by atoms with Gasteiger partial charge in [0.05, 0.1) is 5.03 Å². The van der Waals surface area contributed by atoms with E-state index in [0.29, 0.717) is 0 Å². The molecule has 0 atom stereocenters. The number of hydrogen-bond donors (Lipinski definition) is 0. The quantitative estimate of drug-likeness (QED) is 0.305. The van der Waals surface area contributed by atoms with Crippen LogP contribution in [0.5, 0.6) is 0 Å². The minimum absolute atomic E-state index is 0.845. The molecule has 0 saturated carbocycles. The number of hydrogen-bond acceptors (Lipinski definition) is 3. The van der Waals surface area contributed by atoms with Crippen LogP contribution in [0, 0.1) is 12.3 Å². The monoisotopic (exact) mass is 178 g/mol. The molecule has 0 aliphatic heterocycles. The highest BCUT2D eigenvalue weighted by molar-refractivity contribution is 7.99. The normalized spacial score (nSPS) is 9.25. The lowest BCUT2D eigenvalue weighted by Gasteiger charge is -1.96. The number of nitrogens with zero attached hydrogens (tertiary/aromatic N) is 2. The summed E-state index contributed by atoms with van der Waals surface area (Å²) >= 11 is 1.71. The highest BCUT2D eigenvalue weighted by atomic mass is 32.2. The Morgan fingerprint density at radius 1 is 1.58 bits per heavy atom. The highest BCUT2D eigenvalue weighted by Gasteiger charge is 1.92. The molecule has 0 N–H and O–H groups in total. The zero-order chi connectivity index (χ0) is 8.65. The van der Waals surface area contributed by atoms with Crippen LogP contribution in [-0.4, -0.2) is 15.7 Å². The van der Waals surface area contributed by atoms with Crippen molar-refractivity contribution < 1.29 is 0 Å². The number of rotatable bonds is 4. The summed E-state index contributed by atoms with van der Waals surface area (Å²) in [4.78, 5) is 7.91. The Kier molecular flexibility index (Phi) is 4.25. The molecular weight excluding hydrogens is 168 g/mol. The van der Waals surface area contributed by atoms with Gasteiger partial charge in [0.15, 0.2) is 0 Å². The lowest BCUT2D eigenvalue weighted by Crippen LogP contribution is -1.83. The topological polar surface area (TPSA) is 25.8 Å². The van der Waals surface area contributed by atoms with Gasteiger partial charge in [0.2, 0.25) is 0 Å². The minimum Gasteiger partial charge on any atom is -0.245 e. The third-order valence-electron chi connectivity index (χ3n) is 1.27. The predicted molar refractivity (Wildman–Crippen MR) is 50.8 cm³/mol. The zero-order valence-corrected chi connectivity index (χ0v) is 7.55. The van der Waals surface area contributed by atoms with E-state index in [1.54, 1.807) is 24.3 Å². The van der Waals surface area contributed by atoms with Gasteiger partial charge < -0.3 is 0 Å². The summed E-state index contributed by atoms with van der Waals surface area (Å²) in [6, 6.07) is 1.90. The fourth-order valence-corrected chi connectivity index (χ4v) is 1.49. The lowest BCUT2D eigenvalue weighted by atomic mass is 10.4. The summed E-state index contributed by atoms with van der Waals surface area (Å²) in [7, 11) is 0. The number of terminal acetylenes is 1. The van der Waals surface area contributed by atoms with Crippen LogP contribution >= 0.6 is 11.8 Å². The van der Waals surface area contributed by atoms with Crippen molar-refractivity contribution >= 4 is 11.8 Å². The van der Waals surface area contributed by atoms with Crippen molar-refractivity contribution in [1.29, 1.82) is 0 Å². The Bertz CT molecular complexity index is 253. The summed E-state index contributed by atoms with van der Waals surface area (Å²) in [6.45, 7) is 0. The summed E-state index contributed by atoms with van der Waals surface area (Å²) in [6.07, 6.45) is 10.3. The summed E-state index contributed by atoms with van der Waals surface area (Å²) < 4.78 is 0. The van der Waals surface area contributed by atoms with Crippen LogP contribution in [0.4, 0.5) is 0 Å². The average molecular weight is 178 g/mol. The molecule has 0 radical (unpaired) electrons. The summed E-state index contributed by atoms with van der Waals surface area (Å²) in [5, 5.41) is 1.02. The molecule has 0 fully saturated rings. The van der Waals surface area contributed by atoms with Crippen LogP contribution in [0.2, 0.25) is 0 Å². The van der Waals surface area contributed by atoms with Crippen molar-refractivity contribution in [2.24, 2.45) is 0 Å². The first-order valence-corrected chi connectivity index (χ1v) is 4.74. The van der Waals surface area contributed by atoms with Gasteiger partial charge in [-0.2, -0.15) is 0 Å². The maximum absolute atomic E-state index is 5.12. The van der Waals surface area contributed by atoms with Crippen LogP contribution in [0.3, 0.4) is 0 Å². The molecule has 62 valence electrons. The van der Waals surface area contributed by atoms with Gasteiger partial charge in [-0.3, -0.25) is 0 Å². The Labute approximate surface area is 76.8 Å². The molecule has 0 saturated heterocycles. The second-order valence-electron chi connectivity index (χ2n) is 2.20. The van der Waals surface area contributed by atoms with Crippen LogP contribution in [0.1, 0.15) is 12.8 Å². The van der Waals surface area contributed by atoms with Gasteiger partial charge in [-0.15, -0.1) is 24.1 Å². The number of aromatic nitrogens is 2. The van der Waals surface area contributed by atoms with Crippen molar-refractivity contribution in [2.75, 3.05) is 5.75 Å². The molecule has 0 aliphatic rings. The molecule has 1 aromatic heterocycles. The van der Waals surface area contributed by atoms with Gasteiger partial charge in [0.1, 0.15) is 6.33 Å².